The van der Waals surface area contributed by atoms with E-state index in [0.717, 1.165) is 17.1 Å². The summed E-state index contributed by atoms with van der Waals surface area (Å²) in [6.45, 7) is 0. The summed E-state index contributed by atoms with van der Waals surface area (Å²) in [5.74, 6) is -0.842. The van der Waals surface area contributed by atoms with E-state index < -0.39 is 28.8 Å². The van der Waals surface area contributed by atoms with Crippen molar-refractivity contribution in [3.8, 4) is 0 Å². The predicted molar refractivity (Wildman–Crippen MR) is 73.8 cm³/mol. The number of hydrazone groups is 1. The number of methoxy groups -OCH3 is 2. The topological polar surface area (TPSA) is 51.1 Å². The number of hydrogen-bond acceptors (Lipinski definition) is 4. The average Bonchev–Trinajstić information content (AvgIpc) is 2.49. The second kappa shape index (κ2) is 5.86. The lowest BCUT2D eigenvalue weighted by atomic mass is 10.1. The van der Waals surface area contributed by atoms with Crippen LogP contribution in [0.3, 0.4) is 0 Å². The number of benzene rings is 1. The standard InChI is InChI=1S/C13H12ClF3N2O3/c1-21-10-7-18-19(11(20)12(10,14)22-2)9-5-3-4-8(6-9)13(15,16)17/h3-7,10H,1-2H3. The van der Waals surface area contributed by atoms with Crippen molar-refractivity contribution in [1.82, 2.24) is 0 Å². The third-order valence-corrected chi connectivity index (χ3v) is 3.67. The molecule has 0 saturated heterocycles. The summed E-state index contributed by atoms with van der Waals surface area (Å²) in [7, 11) is 2.50. The highest BCUT2D eigenvalue weighted by atomic mass is 35.5. The van der Waals surface area contributed by atoms with Crippen molar-refractivity contribution in [2.75, 3.05) is 19.2 Å². The van der Waals surface area contributed by atoms with Gasteiger partial charge in [-0.05, 0) is 18.2 Å². The number of halogens is 4. The van der Waals surface area contributed by atoms with Crippen LogP contribution in [-0.2, 0) is 20.4 Å². The van der Waals surface area contributed by atoms with Crippen molar-refractivity contribution >= 4 is 29.4 Å². The molecule has 2 atom stereocenters. The number of hydrogen-bond donors (Lipinski definition) is 0. The van der Waals surface area contributed by atoms with Gasteiger partial charge in [-0.15, -0.1) is 0 Å². The van der Waals surface area contributed by atoms with E-state index in [1.54, 1.807) is 0 Å². The van der Waals surface area contributed by atoms with Crippen molar-refractivity contribution in [1.29, 1.82) is 0 Å². The Morgan fingerprint density at radius 2 is 2.05 bits per heavy atom. The lowest BCUT2D eigenvalue weighted by Gasteiger charge is -2.36. The molecule has 0 fully saturated rings. The minimum atomic E-state index is -4.53. The number of nitrogens with zero attached hydrogens (tertiary/aromatic N) is 2. The maximum atomic E-state index is 12.8. The summed E-state index contributed by atoms with van der Waals surface area (Å²) in [4.78, 5) is 12.4. The van der Waals surface area contributed by atoms with E-state index >= 15 is 0 Å². The third kappa shape index (κ3) is 2.81. The molecular weight excluding hydrogens is 325 g/mol. The highest BCUT2D eigenvalue weighted by molar-refractivity contribution is 6.38. The van der Waals surface area contributed by atoms with E-state index in [1.165, 1.54) is 32.6 Å². The van der Waals surface area contributed by atoms with Crippen LogP contribution in [0.4, 0.5) is 18.9 Å². The summed E-state index contributed by atoms with van der Waals surface area (Å²) < 4.78 is 48.2. The van der Waals surface area contributed by atoms with Crippen LogP contribution in [0, 0.1) is 0 Å². The molecule has 2 unspecified atom stereocenters. The van der Waals surface area contributed by atoms with Crippen LogP contribution in [0.2, 0.25) is 0 Å². The molecule has 0 bridgehead atoms. The van der Waals surface area contributed by atoms with Gasteiger partial charge in [-0.1, -0.05) is 17.7 Å². The number of amides is 1. The van der Waals surface area contributed by atoms with Gasteiger partial charge in [-0.2, -0.15) is 23.3 Å². The van der Waals surface area contributed by atoms with Crippen molar-refractivity contribution in [2.24, 2.45) is 5.10 Å². The molecule has 2 rings (SSSR count). The van der Waals surface area contributed by atoms with Gasteiger partial charge in [0.1, 0.15) is 6.10 Å². The first-order chi connectivity index (χ1) is 10.2. The normalized spacial score (nSPS) is 25.6. The van der Waals surface area contributed by atoms with Gasteiger partial charge >= 0.3 is 6.18 Å². The Balaban J connectivity index is 2.44. The second-order valence-electron chi connectivity index (χ2n) is 4.44. The number of anilines is 1. The Labute approximate surface area is 129 Å². The van der Waals surface area contributed by atoms with E-state index in [9.17, 15) is 18.0 Å². The zero-order chi connectivity index (χ0) is 16.5. The highest BCUT2D eigenvalue weighted by Crippen LogP contribution is 2.35. The van der Waals surface area contributed by atoms with Gasteiger partial charge < -0.3 is 9.47 Å². The predicted octanol–water partition coefficient (Wildman–Crippen LogP) is 2.63. The molecule has 0 spiro atoms. The fraction of sp³-hybridized carbons (Fsp3) is 0.385. The SMILES string of the molecule is COC1C=NN(c2cccc(C(F)(F)F)c2)C(=O)C1(Cl)OC. The van der Waals surface area contributed by atoms with Crippen LogP contribution in [0.15, 0.2) is 29.4 Å². The van der Waals surface area contributed by atoms with Crippen LogP contribution in [-0.4, -0.2) is 37.5 Å². The van der Waals surface area contributed by atoms with E-state index in [1.807, 2.05) is 0 Å². The minimum absolute atomic E-state index is 0.0762. The second-order valence-corrected chi connectivity index (χ2v) is 5.00. The zero-order valence-electron chi connectivity index (χ0n) is 11.6. The molecule has 0 aliphatic carbocycles. The lowest BCUT2D eigenvalue weighted by Crippen LogP contribution is -2.57. The van der Waals surface area contributed by atoms with E-state index in [-0.39, 0.29) is 5.69 Å². The van der Waals surface area contributed by atoms with Gasteiger partial charge in [0.15, 0.2) is 0 Å². The lowest BCUT2D eigenvalue weighted by molar-refractivity contribution is -0.140. The first kappa shape index (κ1) is 16.7. The summed E-state index contributed by atoms with van der Waals surface area (Å²) in [6.07, 6.45) is -4.31. The minimum Gasteiger partial charge on any atom is -0.371 e. The molecular formula is C13H12ClF3N2O3. The van der Waals surface area contributed by atoms with Crippen LogP contribution in [0.1, 0.15) is 5.56 Å². The molecule has 22 heavy (non-hydrogen) atoms. The van der Waals surface area contributed by atoms with E-state index in [2.05, 4.69) is 5.10 Å². The van der Waals surface area contributed by atoms with Gasteiger partial charge in [-0.3, -0.25) is 4.79 Å². The molecule has 1 heterocycles. The molecule has 1 amide bonds. The summed E-state index contributed by atoms with van der Waals surface area (Å²) in [6, 6.07) is 4.18. The number of alkyl halides is 4. The van der Waals surface area contributed by atoms with E-state index in [0.29, 0.717) is 0 Å². The molecule has 1 aromatic carbocycles. The summed E-state index contributed by atoms with van der Waals surface area (Å²) in [5, 5.41) is 2.65. The van der Waals surface area contributed by atoms with Crippen LogP contribution in [0.5, 0.6) is 0 Å². The molecule has 0 saturated carbocycles. The van der Waals surface area contributed by atoms with Crippen molar-refractivity contribution in [2.45, 2.75) is 17.3 Å². The summed E-state index contributed by atoms with van der Waals surface area (Å²) >= 11 is 6.10. The molecule has 0 N–H and O–H groups in total. The smallest absolute Gasteiger partial charge is 0.371 e. The highest BCUT2D eigenvalue weighted by Gasteiger charge is 2.50. The van der Waals surface area contributed by atoms with Gasteiger partial charge in [0.25, 0.3) is 11.0 Å². The largest absolute Gasteiger partial charge is 0.416 e. The fourth-order valence-electron chi connectivity index (χ4n) is 1.96. The molecule has 120 valence electrons. The Morgan fingerprint density at radius 3 is 2.59 bits per heavy atom. The monoisotopic (exact) mass is 336 g/mol. The molecule has 0 radical (unpaired) electrons. The van der Waals surface area contributed by atoms with Crippen LogP contribution in [0.25, 0.3) is 0 Å². The first-order valence-electron chi connectivity index (χ1n) is 6.07. The Bertz CT molecular complexity index is 608. The maximum Gasteiger partial charge on any atom is 0.416 e. The first-order valence-corrected chi connectivity index (χ1v) is 6.44. The number of ether oxygens (including phenoxy) is 2. The number of rotatable bonds is 3. The molecule has 0 aromatic heterocycles. The van der Waals surface area contributed by atoms with Gasteiger partial charge in [0.2, 0.25) is 0 Å². The number of carbonyl (C=O) groups is 1. The Kier molecular flexibility index (Phi) is 4.46. The van der Waals surface area contributed by atoms with Crippen LogP contribution >= 0.6 is 11.6 Å². The molecule has 1 aliphatic heterocycles. The van der Waals surface area contributed by atoms with Gasteiger partial charge in [-0.25, -0.2) is 0 Å². The molecule has 1 aromatic rings. The molecule has 5 nitrogen and oxygen atoms in total. The zero-order valence-corrected chi connectivity index (χ0v) is 12.4. The van der Waals surface area contributed by atoms with E-state index in [4.69, 9.17) is 21.1 Å². The van der Waals surface area contributed by atoms with Crippen molar-refractivity contribution < 1.29 is 27.4 Å². The Morgan fingerprint density at radius 1 is 1.36 bits per heavy atom. The average molecular weight is 337 g/mol. The fourth-order valence-corrected chi connectivity index (χ4v) is 2.18. The molecule has 9 heteroatoms. The maximum absolute atomic E-state index is 12.8. The van der Waals surface area contributed by atoms with Crippen molar-refractivity contribution in [3.05, 3.63) is 29.8 Å². The Hall–Kier alpha value is -1.64. The van der Waals surface area contributed by atoms with Crippen molar-refractivity contribution in [3.63, 3.8) is 0 Å². The van der Waals surface area contributed by atoms with Crippen LogP contribution < -0.4 is 5.01 Å². The van der Waals surface area contributed by atoms with Gasteiger partial charge in [0, 0.05) is 14.2 Å². The van der Waals surface area contributed by atoms with Gasteiger partial charge in [0.05, 0.1) is 17.5 Å². The summed E-state index contributed by atoms with van der Waals surface area (Å²) in [5.41, 5.74) is -0.979. The molecule has 1 aliphatic rings. The third-order valence-electron chi connectivity index (χ3n) is 3.14. The number of carbonyl (C=O) groups excluding carboxylic acids is 1. The quantitative estimate of drug-likeness (QED) is 0.797.